The highest BCUT2D eigenvalue weighted by Gasteiger charge is 2.23. The molecule has 4 nitrogen and oxygen atoms in total. The molecule has 0 saturated heterocycles. The van der Waals surface area contributed by atoms with Crippen molar-refractivity contribution in [2.24, 2.45) is 0 Å². The summed E-state index contributed by atoms with van der Waals surface area (Å²) in [6.07, 6.45) is 2.17. The Morgan fingerprint density at radius 2 is 1.78 bits per heavy atom. The lowest BCUT2D eigenvalue weighted by atomic mass is 9.87. The standard InChI is InChI=1S/C23H28N2O2/c1-5-14-25-20-12-11-19(15-17(20)8-13-21(25)26)24-22(27)16-6-9-18(10-7-16)23(2,3)4/h6-7,9-12,15H,5,8,13-14H2,1-4H3,(H,24,27). The summed E-state index contributed by atoms with van der Waals surface area (Å²) in [5.41, 5.74) is 4.76. The first-order valence-electron chi connectivity index (χ1n) is 9.65. The van der Waals surface area contributed by atoms with Crippen molar-refractivity contribution in [3.63, 3.8) is 0 Å². The summed E-state index contributed by atoms with van der Waals surface area (Å²) >= 11 is 0. The largest absolute Gasteiger partial charge is 0.322 e. The second-order valence-corrected chi connectivity index (χ2v) is 8.17. The van der Waals surface area contributed by atoms with Gasteiger partial charge >= 0.3 is 0 Å². The molecule has 0 aromatic heterocycles. The third kappa shape index (κ3) is 4.21. The van der Waals surface area contributed by atoms with Crippen LogP contribution in [0.4, 0.5) is 11.4 Å². The summed E-state index contributed by atoms with van der Waals surface area (Å²) in [5.74, 6) is 0.0628. The Kier molecular flexibility index (Phi) is 5.36. The number of fused-ring (bicyclic) bond motifs is 1. The maximum atomic E-state index is 12.6. The van der Waals surface area contributed by atoms with Gasteiger partial charge in [0, 0.05) is 29.9 Å². The number of amides is 2. The van der Waals surface area contributed by atoms with E-state index in [9.17, 15) is 9.59 Å². The molecular formula is C23H28N2O2. The van der Waals surface area contributed by atoms with E-state index in [4.69, 9.17) is 0 Å². The Morgan fingerprint density at radius 1 is 1.07 bits per heavy atom. The van der Waals surface area contributed by atoms with Crippen LogP contribution < -0.4 is 10.2 Å². The van der Waals surface area contributed by atoms with E-state index in [2.05, 4.69) is 33.0 Å². The first-order valence-corrected chi connectivity index (χ1v) is 9.65. The monoisotopic (exact) mass is 364 g/mol. The fourth-order valence-corrected chi connectivity index (χ4v) is 3.43. The van der Waals surface area contributed by atoms with Gasteiger partial charge in [-0.05, 0) is 59.7 Å². The maximum absolute atomic E-state index is 12.6. The van der Waals surface area contributed by atoms with Gasteiger partial charge in [0.25, 0.3) is 5.91 Å². The summed E-state index contributed by atoms with van der Waals surface area (Å²) in [6, 6.07) is 13.6. The second-order valence-electron chi connectivity index (χ2n) is 8.17. The molecule has 1 aliphatic rings. The molecule has 2 aromatic carbocycles. The van der Waals surface area contributed by atoms with Crippen LogP contribution in [0, 0.1) is 0 Å². The number of aryl methyl sites for hydroxylation is 1. The lowest BCUT2D eigenvalue weighted by Crippen LogP contribution is -2.35. The lowest BCUT2D eigenvalue weighted by molar-refractivity contribution is -0.118. The number of hydrogen-bond acceptors (Lipinski definition) is 2. The average molecular weight is 364 g/mol. The number of carbonyl (C=O) groups is 2. The first-order chi connectivity index (χ1) is 12.8. The molecule has 0 radical (unpaired) electrons. The predicted octanol–water partition coefficient (Wildman–Crippen LogP) is 4.93. The molecule has 4 heteroatoms. The highest BCUT2D eigenvalue weighted by Crippen LogP contribution is 2.30. The second kappa shape index (κ2) is 7.55. The zero-order valence-corrected chi connectivity index (χ0v) is 16.6. The van der Waals surface area contributed by atoms with Crippen molar-refractivity contribution < 1.29 is 9.59 Å². The van der Waals surface area contributed by atoms with E-state index in [1.54, 1.807) is 0 Å². The molecule has 0 unspecified atom stereocenters. The smallest absolute Gasteiger partial charge is 0.255 e. The number of hydrogen-bond donors (Lipinski definition) is 1. The van der Waals surface area contributed by atoms with Crippen LogP contribution in [0.15, 0.2) is 42.5 Å². The SMILES string of the molecule is CCCN1C(=O)CCc2cc(NC(=O)c3ccc(C(C)(C)C)cc3)ccc21. The number of anilines is 2. The summed E-state index contributed by atoms with van der Waals surface area (Å²) in [4.78, 5) is 26.6. The zero-order valence-electron chi connectivity index (χ0n) is 16.6. The Hall–Kier alpha value is -2.62. The van der Waals surface area contributed by atoms with Gasteiger partial charge in [-0.2, -0.15) is 0 Å². The highest BCUT2D eigenvalue weighted by molar-refractivity contribution is 6.04. The molecule has 0 spiro atoms. The quantitative estimate of drug-likeness (QED) is 0.836. The molecule has 2 amide bonds. The van der Waals surface area contributed by atoms with Gasteiger partial charge in [0.2, 0.25) is 5.91 Å². The summed E-state index contributed by atoms with van der Waals surface area (Å²) in [6.45, 7) is 9.27. The molecule has 0 fully saturated rings. The van der Waals surface area contributed by atoms with Crippen molar-refractivity contribution in [1.82, 2.24) is 0 Å². The van der Waals surface area contributed by atoms with Crippen LogP contribution >= 0.6 is 0 Å². The van der Waals surface area contributed by atoms with E-state index >= 15 is 0 Å². The van der Waals surface area contributed by atoms with Crippen molar-refractivity contribution in [2.45, 2.75) is 52.4 Å². The molecule has 1 heterocycles. The molecule has 0 bridgehead atoms. The Labute approximate surface area is 161 Å². The van der Waals surface area contributed by atoms with E-state index < -0.39 is 0 Å². The molecule has 27 heavy (non-hydrogen) atoms. The number of nitrogens with zero attached hydrogens (tertiary/aromatic N) is 1. The van der Waals surface area contributed by atoms with Crippen LogP contribution in [0.3, 0.4) is 0 Å². The number of benzene rings is 2. The van der Waals surface area contributed by atoms with Gasteiger partial charge in [-0.3, -0.25) is 9.59 Å². The third-order valence-corrected chi connectivity index (χ3v) is 5.00. The van der Waals surface area contributed by atoms with Crippen molar-refractivity contribution in [1.29, 1.82) is 0 Å². The number of carbonyl (C=O) groups excluding carboxylic acids is 2. The van der Waals surface area contributed by atoms with Crippen molar-refractivity contribution in [3.05, 3.63) is 59.2 Å². The number of nitrogens with one attached hydrogen (secondary N) is 1. The molecule has 0 saturated carbocycles. The average Bonchev–Trinajstić information content (AvgIpc) is 2.63. The highest BCUT2D eigenvalue weighted by atomic mass is 16.2. The van der Waals surface area contributed by atoms with E-state index in [-0.39, 0.29) is 17.2 Å². The van der Waals surface area contributed by atoms with Gasteiger partial charge in [-0.1, -0.05) is 39.8 Å². The van der Waals surface area contributed by atoms with Crippen LogP contribution in [0.25, 0.3) is 0 Å². The van der Waals surface area contributed by atoms with E-state index in [1.165, 1.54) is 5.56 Å². The molecular weight excluding hydrogens is 336 g/mol. The molecule has 0 aliphatic carbocycles. The Bertz CT molecular complexity index is 848. The van der Waals surface area contributed by atoms with E-state index in [0.29, 0.717) is 12.0 Å². The van der Waals surface area contributed by atoms with Gasteiger partial charge in [0.05, 0.1) is 0 Å². The molecule has 1 aliphatic heterocycles. The van der Waals surface area contributed by atoms with Crippen LogP contribution in [-0.4, -0.2) is 18.4 Å². The van der Waals surface area contributed by atoms with Crippen LogP contribution in [-0.2, 0) is 16.6 Å². The normalized spacial score (nSPS) is 14.1. The molecule has 142 valence electrons. The van der Waals surface area contributed by atoms with Gasteiger partial charge in [-0.15, -0.1) is 0 Å². The Morgan fingerprint density at radius 3 is 2.41 bits per heavy atom. The number of rotatable bonds is 4. The van der Waals surface area contributed by atoms with E-state index in [1.807, 2.05) is 47.4 Å². The van der Waals surface area contributed by atoms with Crippen LogP contribution in [0.1, 0.15) is 62.0 Å². The topological polar surface area (TPSA) is 49.4 Å². The maximum Gasteiger partial charge on any atom is 0.255 e. The first kappa shape index (κ1) is 19.2. The zero-order chi connectivity index (χ0) is 19.6. The van der Waals surface area contributed by atoms with Gasteiger partial charge in [-0.25, -0.2) is 0 Å². The van der Waals surface area contributed by atoms with Gasteiger partial charge in [0.1, 0.15) is 0 Å². The Balaban J connectivity index is 1.76. The van der Waals surface area contributed by atoms with E-state index in [0.717, 1.165) is 36.3 Å². The lowest BCUT2D eigenvalue weighted by Gasteiger charge is -2.29. The minimum Gasteiger partial charge on any atom is -0.322 e. The van der Waals surface area contributed by atoms with Crippen molar-refractivity contribution >= 4 is 23.2 Å². The minimum atomic E-state index is -0.118. The summed E-state index contributed by atoms with van der Waals surface area (Å²) in [7, 11) is 0. The predicted molar refractivity (Wildman–Crippen MR) is 111 cm³/mol. The molecule has 2 aromatic rings. The van der Waals surface area contributed by atoms with Crippen molar-refractivity contribution in [2.75, 3.05) is 16.8 Å². The van der Waals surface area contributed by atoms with Crippen LogP contribution in [0.5, 0.6) is 0 Å². The third-order valence-electron chi connectivity index (χ3n) is 5.00. The summed E-state index contributed by atoms with van der Waals surface area (Å²) in [5, 5.41) is 2.98. The van der Waals surface area contributed by atoms with Crippen LogP contribution in [0.2, 0.25) is 0 Å². The minimum absolute atomic E-state index is 0.0648. The molecule has 1 N–H and O–H groups in total. The van der Waals surface area contributed by atoms with Crippen molar-refractivity contribution in [3.8, 4) is 0 Å². The molecule has 3 rings (SSSR count). The van der Waals surface area contributed by atoms with Gasteiger partial charge in [0.15, 0.2) is 0 Å². The fourth-order valence-electron chi connectivity index (χ4n) is 3.43. The molecule has 0 atom stereocenters. The summed E-state index contributed by atoms with van der Waals surface area (Å²) < 4.78 is 0. The fraction of sp³-hybridized carbons (Fsp3) is 0.391. The van der Waals surface area contributed by atoms with Gasteiger partial charge < -0.3 is 10.2 Å².